The molecule has 0 spiro atoms. The second-order valence-electron chi connectivity index (χ2n) is 2.88. The highest BCUT2D eigenvalue weighted by Crippen LogP contribution is 1.91. The van der Waals surface area contributed by atoms with Gasteiger partial charge in [-0.15, -0.1) is 6.58 Å². The average molecular weight is 216 g/mol. The zero-order valence-corrected chi connectivity index (χ0v) is 8.40. The summed E-state index contributed by atoms with van der Waals surface area (Å²) in [6.45, 7) is 3.59. The number of rotatable bonds is 7. The summed E-state index contributed by atoms with van der Waals surface area (Å²) in [7, 11) is 0. The first-order valence-corrected chi connectivity index (χ1v) is 4.60. The van der Waals surface area contributed by atoms with E-state index >= 15 is 0 Å². The van der Waals surface area contributed by atoms with Crippen LogP contribution in [0.1, 0.15) is 12.8 Å². The van der Waals surface area contributed by atoms with Gasteiger partial charge in [0.25, 0.3) is 0 Å². The molecule has 0 aromatic heterocycles. The van der Waals surface area contributed by atoms with Gasteiger partial charge in [0.15, 0.2) is 0 Å². The van der Waals surface area contributed by atoms with Crippen molar-refractivity contribution in [2.45, 2.75) is 18.9 Å². The quantitative estimate of drug-likeness (QED) is 0.347. The van der Waals surface area contributed by atoms with Gasteiger partial charge in [-0.2, -0.15) is 0 Å². The number of aliphatic hydroxyl groups is 1. The predicted octanol–water partition coefficient (Wildman–Crippen LogP) is -0.303. The van der Waals surface area contributed by atoms with Crippen LogP contribution in [-0.4, -0.2) is 41.4 Å². The topological polar surface area (TPSA) is 98.7 Å². The van der Waals surface area contributed by atoms with Gasteiger partial charge in [0.2, 0.25) is 0 Å². The Labute approximate surface area is 88.0 Å². The molecule has 0 heterocycles. The molecular weight excluding hydrogens is 200 g/mol. The SMILES string of the molecule is C=CCCNC(=O)NC(CCO)C(=O)O. The number of hydrogen-bond donors (Lipinski definition) is 4. The first-order chi connectivity index (χ1) is 7.11. The van der Waals surface area contributed by atoms with Crippen molar-refractivity contribution in [2.75, 3.05) is 13.2 Å². The standard InChI is InChI=1S/C9H16N2O4/c1-2-3-5-10-9(15)11-7(4-6-12)8(13)14/h2,7,12H,1,3-6H2,(H,13,14)(H2,10,11,15). The summed E-state index contributed by atoms with van der Waals surface area (Å²) in [4.78, 5) is 21.7. The summed E-state index contributed by atoms with van der Waals surface area (Å²) >= 11 is 0. The fourth-order valence-electron chi connectivity index (χ4n) is 0.884. The van der Waals surface area contributed by atoms with Crippen molar-refractivity contribution in [3.8, 4) is 0 Å². The van der Waals surface area contributed by atoms with Crippen LogP contribution in [0.15, 0.2) is 12.7 Å². The summed E-state index contributed by atoms with van der Waals surface area (Å²) in [5.74, 6) is -1.16. The van der Waals surface area contributed by atoms with E-state index in [1.807, 2.05) is 0 Å². The fourth-order valence-corrected chi connectivity index (χ4v) is 0.884. The molecule has 0 aliphatic rings. The summed E-state index contributed by atoms with van der Waals surface area (Å²) in [5.41, 5.74) is 0. The van der Waals surface area contributed by atoms with E-state index in [4.69, 9.17) is 10.2 Å². The molecule has 0 aromatic carbocycles. The van der Waals surface area contributed by atoms with E-state index in [0.717, 1.165) is 0 Å². The number of aliphatic carboxylic acids is 1. The lowest BCUT2D eigenvalue weighted by molar-refractivity contribution is -0.139. The third-order valence-corrected chi connectivity index (χ3v) is 1.66. The Balaban J connectivity index is 3.88. The first-order valence-electron chi connectivity index (χ1n) is 4.60. The lowest BCUT2D eigenvalue weighted by Crippen LogP contribution is -2.46. The van der Waals surface area contributed by atoms with Crippen molar-refractivity contribution in [1.82, 2.24) is 10.6 Å². The molecule has 86 valence electrons. The third kappa shape index (κ3) is 6.50. The maximum atomic E-state index is 11.1. The minimum Gasteiger partial charge on any atom is -0.480 e. The van der Waals surface area contributed by atoms with Crippen molar-refractivity contribution < 1.29 is 19.8 Å². The van der Waals surface area contributed by atoms with Gasteiger partial charge in [-0.25, -0.2) is 9.59 Å². The van der Waals surface area contributed by atoms with E-state index in [0.29, 0.717) is 13.0 Å². The minimum atomic E-state index is -1.16. The number of urea groups is 1. The van der Waals surface area contributed by atoms with E-state index in [2.05, 4.69) is 17.2 Å². The Kier molecular flexibility index (Phi) is 7.00. The van der Waals surface area contributed by atoms with Crippen molar-refractivity contribution in [1.29, 1.82) is 0 Å². The highest BCUT2D eigenvalue weighted by Gasteiger charge is 2.18. The molecule has 4 N–H and O–H groups in total. The van der Waals surface area contributed by atoms with Gasteiger partial charge >= 0.3 is 12.0 Å². The van der Waals surface area contributed by atoms with Crippen LogP contribution in [0.25, 0.3) is 0 Å². The normalized spacial score (nSPS) is 11.5. The summed E-state index contributed by atoms with van der Waals surface area (Å²) in [6, 6.07) is -1.61. The van der Waals surface area contributed by atoms with Gasteiger partial charge in [-0.1, -0.05) is 6.08 Å². The molecule has 0 aliphatic carbocycles. The van der Waals surface area contributed by atoms with Gasteiger partial charge in [0, 0.05) is 19.6 Å². The number of carbonyl (C=O) groups is 2. The predicted molar refractivity (Wildman–Crippen MR) is 54.5 cm³/mol. The van der Waals surface area contributed by atoms with E-state index in [1.54, 1.807) is 6.08 Å². The maximum absolute atomic E-state index is 11.1. The Morgan fingerprint density at radius 1 is 1.47 bits per heavy atom. The average Bonchev–Trinajstić information content (AvgIpc) is 2.17. The molecule has 0 aromatic rings. The first kappa shape index (κ1) is 13.4. The second-order valence-corrected chi connectivity index (χ2v) is 2.88. The summed E-state index contributed by atoms with van der Waals surface area (Å²) in [6.07, 6.45) is 2.25. The molecule has 2 amide bonds. The molecule has 0 bridgehead atoms. The molecule has 0 radical (unpaired) electrons. The molecule has 0 saturated heterocycles. The van der Waals surface area contributed by atoms with Gasteiger partial charge in [0.1, 0.15) is 6.04 Å². The van der Waals surface area contributed by atoms with Crippen LogP contribution in [0.5, 0.6) is 0 Å². The van der Waals surface area contributed by atoms with Crippen LogP contribution < -0.4 is 10.6 Å². The number of amides is 2. The minimum absolute atomic E-state index is 0.00971. The van der Waals surface area contributed by atoms with Crippen LogP contribution in [0.3, 0.4) is 0 Å². The molecule has 1 atom stereocenters. The number of carboxylic acids is 1. The highest BCUT2D eigenvalue weighted by molar-refractivity contribution is 5.82. The molecule has 1 unspecified atom stereocenters. The largest absolute Gasteiger partial charge is 0.480 e. The highest BCUT2D eigenvalue weighted by atomic mass is 16.4. The fraction of sp³-hybridized carbons (Fsp3) is 0.556. The number of nitrogens with one attached hydrogen (secondary N) is 2. The Bertz CT molecular complexity index is 230. The number of carbonyl (C=O) groups excluding carboxylic acids is 1. The zero-order valence-electron chi connectivity index (χ0n) is 8.40. The van der Waals surface area contributed by atoms with Gasteiger partial charge in [-0.05, 0) is 6.42 Å². The molecule has 15 heavy (non-hydrogen) atoms. The lowest BCUT2D eigenvalue weighted by atomic mass is 10.2. The Morgan fingerprint density at radius 2 is 2.13 bits per heavy atom. The molecule has 0 fully saturated rings. The zero-order chi connectivity index (χ0) is 11.7. The van der Waals surface area contributed by atoms with Gasteiger partial charge in [-0.3, -0.25) is 0 Å². The van der Waals surface area contributed by atoms with Crippen LogP contribution in [0.4, 0.5) is 4.79 Å². The van der Waals surface area contributed by atoms with E-state index in [1.165, 1.54) is 0 Å². The van der Waals surface area contributed by atoms with Crippen molar-refractivity contribution >= 4 is 12.0 Å². The second kappa shape index (κ2) is 7.81. The van der Waals surface area contributed by atoms with E-state index < -0.39 is 18.0 Å². The summed E-state index contributed by atoms with van der Waals surface area (Å²) in [5, 5.41) is 21.9. The molecular formula is C9H16N2O4. The van der Waals surface area contributed by atoms with Gasteiger partial charge in [0.05, 0.1) is 0 Å². The summed E-state index contributed by atoms with van der Waals surface area (Å²) < 4.78 is 0. The molecule has 6 nitrogen and oxygen atoms in total. The van der Waals surface area contributed by atoms with Crippen LogP contribution >= 0.6 is 0 Å². The third-order valence-electron chi connectivity index (χ3n) is 1.66. The van der Waals surface area contributed by atoms with Crippen molar-refractivity contribution in [2.24, 2.45) is 0 Å². The van der Waals surface area contributed by atoms with Crippen molar-refractivity contribution in [3.05, 3.63) is 12.7 Å². The number of hydrogen-bond acceptors (Lipinski definition) is 3. The Morgan fingerprint density at radius 3 is 2.60 bits per heavy atom. The van der Waals surface area contributed by atoms with E-state index in [-0.39, 0.29) is 13.0 Å². The molecule has 0 rings (SSSR count). The van der Waals surface area contributed by atoms with Crippen LogP contribution in [0.2, 0.25) is 0 Å². The van der Waals surface area contributed by atoms with Crippen LogP contribution in [-0.2, 0) is 4.79 Å². The maximum Gasteiger partial charge on any atom is 0.326 e. The number of carboxylic acid groups (broad SMARTS) is 1. The molecule has 6 heteroatoms. The molecule has 0 aliphatic heterocycles. The smallest absolute Gasteiger partial charge is 0.326 e. The number of aliphatic hydroxyl groups excluding tert-OH is 1. The lowest BCUT2D eigenvalue weighted by Gasteiger charge is -2.13. The van der Waals surface area contributed by atoms with Crippen LogP contribution in [0, 0.1) is 0 Å². The van der Waals surface area contributed by atoms with Crippen molar-refractivity contribution in [3.63, 3.8) is 0 Å². The Hall–Kier alpha value is -1.56. The monoisotopic (exact) mass is 216 g/mol. The molecule has 0 saturated carbocycles. The van der Waals surface area contributed by atoms with E-state index in [9.17, 15) is 9.59 Å². The van der Waals surface area contributed by atoms with Gasteiger partial charge < -0.3 is 20.8 Å².